The molecule has 0 radical (unpaired) electrons. The predicted octanol–water partition coefficient (Wildman–Crippen LogP) is 0.132. The van der Waals surface area contributed by atoms with Gasteiger partial charge >= 0.3 is 21.2 Å². The summed E-state index contributed by atoms with van der Waals surface area (Å²) in [5, 5.41) is 0. The third-order valence-corrected chi connectivity index (χ3v) is 5.44. The van der Waals surface area contributed by atoms with Crippen LogP contribution in [0, 0.1) is 14.1 Å². The molecule has 0 aliphatic heterocycles. The first-order valence-electron chi connectivity index (χ1n) is 5.14. The van der Waals surface area contributed by atoms with Gasteiger partial charge in [-0.3, -0.25) is 0 Å². The Balaban J connectivity index is 2.22. The van der Waals surface area contributed by atoms with Crippen molar-refractivity contribution >= 4 is 0 Å². The average molecular weight is 325 g/mol. The zero-order valence-electron chi connectivity index (χ0n) is 9.41. The highest BCUT2D eigenvalue weighted by Crippen LogP contribution is 2.11. The van der Waals surface area contributed by atoms with Gasteiger partial charge in [0, 0.05) is 5.56 Å². The molecule has 0 heterocycles. The second-order valence-electron chi connectivity index (χ2n) is 3.51. The zero-order chi connectivity index (χ0) is 11.4. The molecule has 0 spiro atoms. The van der Waals surface area contributed by atoms with Crippen molar-refractivity contribution in [1.29, 1.82) is 0 Å². The van der Waals surface area contributed by atoms with Gasteiger partial charge in [0.1, 0.15) is 5.75 Å². The highest BCUT2D eigenvalue weighted by Gasteiger charge is 2.17. The molecule has 0 amide bonds. The summed E-state index contributed by atoms with van der Waals surface area (Å²) in [4.78, 5) is 0. The van der Waals surface area contributed by atoms with Crippen LogP contribution in [-0.2, 0) is 0 Å². The molecule has 0 aliphatic rings. The fourth-order valence-electron chi connectivity index (χ4n) is 1.45. The first-order chi connectivity index (χ1) is 7.79. The van der Waals surface area contributed by atoms with E-state index in [2.05, 4.69) is 49.4 Å². The molecule has 0 unspecified atom stereocenters. The van der Waals surface area contributed by atoms with Gasteiger partial charge in [-0.15, -0.1) is 0 Å². The van der Waals surface area contributed by atoms with Crippen LogP contribution >= 0.6 is 0 Å². The quantitative estimate of drug-likeness (QED) is 0.729. The Morgan fingerprint density at radius 3 is 2.38 bits per heavy atom. The summed E-state index contributed by atoms with van der Waals surface area (Å²) in [6.45, 7) is 2.15. The number of aryl methyl sites for hydroxylation is 1. The number of hydrogen-bond donors (Lipinski definition) is 0. The minimum atomic E-state index is -0.0667. The van der Waals surface area contributed by atoms with Gasteiger partial charge in [-0.05, 0) is 37.3 Å². The third kappa shape index (κ3) is 2.76. The van der Waals surface area contributed by atoms with Crippen LogP contribution in [0.4, 0.5) is 0 Å². The molecule has 2 aromatic carbocycles. The van der Waals surface area contributed by atoms with Crippen LogP contribution in [0.1, 0.15) is 5.56 Å². The lowest BCUT2D eigenvalue weighted by atomic mass is 10.2. The summed E-state index contributed by atoms with van der Waals surface area (Å²) in [6, 6.07) is 17.0. The van der Waals surface area contributed by atoms with Gasteiger partial charge in [0.15, 0.2) is 7.14 Å². The molecule has 2 aromatic rings. The van der Waals surface area contributed by atoms with Gasteiger partial charge in [-0.2, -0.15) is 0 Å². The third-order valence-electron chi connectivity index (χ3n) is 2.31. The zero-order valence-corrected chi connectivity index (χ0v) is 11.6. The molecule has 0 N–H and O–H groups in total. The Labute approximate surface area is 107 Å². The molecular weight excluding hydrogens is 311 g/mol. The molecule has 82 valence electrons. The van der Waals surface area contributed by atoms with Gasteiger partial charge in [-0.1, -0.05) is 18.2 Å². The fourth-order valence-corrected chi connectivity index (χ4v) is 3.83. The molecule has 0 bridgehead atoms. The van der Waals surface area contributed by atoms with Crippen molar-refractivity contribution in [1.82, 2.24) is 0 Å². The van der Waals surface area contributed by atoms with Crippen LogP contribution in [-0.4, -0.2) is 7.11 Å². The second-order valence-corrected chi connectivity index (χ2v) is 6.45. The Morgan fingerprint density at radius 2 is 1.75 bits per heavy atom. The summed E-state index contributed by atoms with van der Waals surface area (Å²) in [5.41, 5.74) is 1.33. The summed E-state index contributed by atoms with van der Waals surface area (Å²) >= 11 is -0.0667. The van der Waals surface area contributed by atoms with Gasteiger partial charge in [0.2, 0.25) is 0 Å². The Hall–Kier alpha value is -1.03. The largest absolute Gasteiger partial charge is 0.497 e. The van der Waals surface area contributed by atoms with Crippen LogP contribution in [0.25, 0.3) is 0 Å². The number of ether oxygens (including phenoxy) is 1. The maximum Gasteiger partial charge on any atom is 0.358 e. The first-order valence-corrected chi connectivity index (χ1v) is 7.30. The normalized spacial score (nSPS) is 10.1. The van der Waals surface area contributed by atoms with Crippen molar-refractivity contribution in [3.63, 3.8) is 0 Å². The summed E-state index contributed by atoms with van der Waals surface area (Å²) in [7, 11) is 1.71. The highest BCUT2D eigenvalue weighted by atomic mass is 127. The molecule has 1 nitrogen and oxygen atoms in total. The molecule has 0 aliphatic carbocycles. The molecule has 2 rings (SSSR count). The van der Waals surface area contributed by atoms with Gasteiger partial charge in [0.05, 0.1) is 7.11 Å². The van der Waals surface area contributed by atoms with E-state index in [0.717, 1.165) is 5.75 Å². The van der Waals surface area contributed by atoms with E-state index < -0.39 is 0 Å². The predicted molar refractivity (Wildman–Crippen MR) is 61.6 cm³/mol. The van der Waals surface area contributed by atoms with E-state index in [9.17, 15) is 0 Å². The summed E-state index contributed by atoms with van der Waals surface area (Å²) < 4.78 is 8.13. The summed E-state index contributed by atoms with van der Waals surface area (Å²) in [6.07, 6.45) is 0. The minimum absolute atomic E-state index is 0.0667. The lowest BCUT2D eigenvalue weighted by molar-refractivity contribution is -0.598. The maximum absolute atomic E-state index is 5.21. The van der Waals surface area contributed by atoms with Crippen LogP contribution in [0.3, 0.4) is 0 Å². The molecular formula is C14H14IO+. The van der Waals surface area contributed by atoms with E-state index in [1.54, 1.807) is 7.11 Å². The van der Waals surface area contributed by atoms with Crippen molar-refractivity contribution in [2.75, 3.05) is 7.11 Å². The molecule has 0 saturated heterocycles. The molecule has 0 atom stereocenters. The van der Waals surface area contributed by atoms with Crippen molar-refractivity contribution in [3.8, 4) is 5.75 Å². The highest BCUT2D eigenvalue weighted by molar-refractivity contribution is 5.26. The van der Waals surface area contributed by atoms with Crippen LogP contribution in [0.15, 0.2) is 48.5 Å². The molecule has 0 aromatic heterocycles. The van der Waals surface area contributed by atoms with E-state index in [-0.39, 0.29) is 21.2 Å². The molecule has 2 heteroatoms. The van der Waals surface area contributed by atoms with Gasteiger partial charge < -0.3 is 4.74 Å². The first kappa shape index (κ1) is 11.5. The van der Waals surface area contributed by atoms with Crippen molar-refractivity contribution in [2.24, 2.45) is 0 Å². The van der Waals surface area contributed by atoms with Crippen LogP contribution < -0.4 is 25.9 Å². The lowest BCUT2D eigenvalue weighted by Gasteiger charge is -1.99. The Morgan fingerprint density at radius 1 is 1.00 bits per heavy atom. The fraction of sp³-hybridized carbons (Fsp3) is 0.143. The monoisotopic (exact) mass is 325 g/mol. The average Bonchev–Trinajstić information content (AvgIpc) is 2.33. The smallest absolute Gasteiger partial charge is 0.358 e. The van der Waals surface area contributed by atoms with Crippen LogP contribution in [0.2, 0.25) is 0 Å². The van der Waals surface area contributed by atoms with E-state index in [1.165, 1.54) is 12.7 Å². The van der Waals surface area contributed by atoms with Crippen molar-refractivity contribution in [3.05, 3.63) is 61.2 Å². The van der Waals surface area contributed by atoms with Gasteiger partial charge in [0.25, 0.3) is 0 Å². The maximum atomic E-state index is 5.21. The van der Waals surface area contributed by atoms with E-state index in [4.69, 9.17) is 4.74 Å². The van der Waals surface area contributed by atoms with Crippen molar-refractivity contribution in [2.45, 2.75) is 6.92 Å². The number of halogens is 1. The number of rotatable bonds is 3. The second kappa shape index (κ2) is 5.34. The standard InChI is InChI=1S/C14H14IO/c1-11-10-13(16-2)8-9-14(11)15-12-6-4-3-5-7-12/h3-10H,1-2H3/q+1. The topological polar surface area (TPSA) is 9.23 Å². The molecule has 16 heavy (non-hydrogen) atoms. The molecule has 0 saturated carbocycles. The van der Waals surface area contributed by atoms with E-state index >= 15 is 0 Å². The van der Waals surface area contributed by atoms with E-state index in [0.29, 0.717) is 0 Å². The van der Waals surface area contributed by atoms with Gasteiger partial charge in [-0.25, -0.2) is 0 Å². The lowest BCUT2D eigenvalue weighted by Crippen LogP contribution is -3.61. The number of hydrogen-bond acceptors (Lipinski definition) is 1. The van der Waals surface area contributed by atoms with E-state index in [1.807, 2.05) is 6.07 Å². The minimum Gasteiger partial charge on any atom is -0.497 e. The van der Waals surface area contributed by atoms with Crippen molar-refractivity contribution < 1.29 is 25.9 Å². The summed E-state index contributed by atoms with van der Waals surface area (Å²) in [5.74, 6) is 0.943. The van der Waals surface area contributed by atoms with Crippen LogP contribution in [0.5, 0.6) is 5.75 Å². The SMILES string of the molecule is COc1ccc([I+]c2ccccc2)c(C)c1. The Kier molecular flexibility index (Phi) is 3.83. The Bertz CT molecular complexity index is 465. The molecule has 0 fully saturated rings. The number of methoxy groups -OCH3 is 1. The number of benzene rings is 2.